The van der Waals surface area contributed by atoms with Crippen LogP contribution in [0.15, 0.2) is 36.9 Å². The van der Waals surface area contributed by atoms with Gasteiger partial charge < -0.3 is 0 Å². The number of hydroxylamine groups is 2. The number of hydrogen-bond acceptors (Lipinski definition) is 2. The van der Waals surface area contributed by atoms with Crippen molar-refractivity contribution in [2.24, 2.45) is 0 Å². The Labute approximate surface area is 126 Å². The maximum absolute atomic E-state index is 13.2. The van der Waals surface area contributed by atoms with E-state index in [4.69, 9.17) is 4.84 Å². The molecule has 0 N–H and O–H groups in total. The quantitative estimate of drug-likeness (QED) is 0.420. The van der Waals surface area contributed by atoms with Gasteiger partial charge in [0.15, 0.2) is 5.72 Å². The van der Waals surface area contributed by atoms with Gasteiger partial charge in [0.1, 0.15) is 5.82 Å². The SMILES string of the molecule is C=CCCC[C@@]1(c2ccc(F)cc2)ON1C1CCCCC1. The van der Waals surface area contributed by atoms with Gasteiger partial charge >= 0.3 is 0 Å². The zero-order valence-corrected chi connectivity index (χ0v) is 12.6. The summed E-state index contributed by atoms with van der Waals surface area (Å²) < 4.78 is 13.2. The lowest BCUT2D eigenvalue weighted by atomic mass is 9.92. The molecule has 1 aliphatic carbocycles. The Bertz CT molecular complexity index is 480. The highest BCUT2D eigenvalue weighted by atomic mass is 19.1. The van der Waals surface area contributed by atoms with Crippen molar-refractivity contribution >= 4 is 0 Å². The molecule has 2 fully saturated rings. The molecular formula is C18H24FNO. The minimum Gasteiger partial charge on any atom is -0.266 e. The van der Waals surface area contributed by atoms with E-state index in [-0.39, 0.29) is 11.5 Å². The third-order valence-corrected chi connectivity index (χ3v) is 4.70. The largest absolute Gasteiger partial charge is 0.266 e. The lowest BCUT2D eigenvalue weighted by molar-refractivity contribution is 0.119. The van der Waals surface area contributed by atoms with Crippen molar-refractivity contribution in [1.82, 2.24) is 5.06 Å². The zero-order valence-electron chi connectivity index (χ0n) is 12.6. The lowest BCUT2D eigenvalue weighted by Gasteiger charge is -2.23. The third kappa shape index (κ3) is 3.04. The first-order valence-electron chi connectivity index (χ1n) is 8.12. The van der Waals surface area contributed by atoms with Crippen LogP contribution in [-0.4, -0.2) is 11.1 Å². The molecule has 0 aromatic heterocycles. The second-order valence-corrected chi connectivity index (χ2v) is 6.18. The molecule has 114 valence electrons. The Hall–Kier alpha value is -1.19. The topological polar surface area (TPSA) is 15.5 Å². The molecule has 3 heteroatoms. The van der Waals surface area contributed by atoms with Crippen molar-refractivity contribution in [2.45, 2.75) is 63.1 Å². The summed E-state index contributed by atoms with van der Waals surface area (Å²) in [7, 11) is 0. The minimum absolute atomic E-state index is 0.190. The summed E-state index contributed by atoms with van der Waals surface area (Å²) in [4.78, 5) is 6.09. The van der Waals surface area contributed by atoms with Gasteiger partial charge in [0, 0.05) is 11.6 Å². The fraction of sp³-hybridized carbons (Fsp3) is 0.556. The van der Waals surface area contributed by atoms with E-state index < -0.39 is 0 Å². The molecule has 2 atom stereocenters. The molecule has 21 heavy (non-hydrogen) atoms. The molecule has 0 bridgehead atoms. The van der Waals surface area contributed by atoms with Crippen LogP contribution in [0.1, 0.15) is 56.9 Å². The van der Waals surface area contributed by atoms with Crippen LogP contribution in [0, 0.1) is 5.82 Å². The predicted molar refractivity (Wildman–Crippen MR) is 81.9 cm³/mol. The number of hydrogen-bond donors (Lipinski definition) is 0. The number of halogens is 1. The van der Waals surface area contributed by atoms with Crippen LogP contribution in [0.2, 0.25) is 0 Å². The van der Waals surface area contributed by atoms with Gasteiger partial charge in [0.2, 0.25) is 0 Å². The van der Waals surface area contributed by atoms with Crippen LogP contribution in [0.3, 0.4) is 0 Å². The third-order valence-electron chi connectivity index (χ3n) is 4.70. The molecule has 0 spiro atoms. The van der Waals surface area contributed by atoms with Gasteiger partial charge in [0.25, 0.3) is 0 Å². The maximum atomic E-state index is 13.2. The molecule has 1 saturated heterocycles. The summed E-state index contributed by atoms with van der Waals surface area (Å²) in [5.41, 5.74) is 0.761. The summed E-state index contributed by atoms with van der Waals surface area (Å²) in [6.45, 7) is 3.79. The highest BCUT2D eigenvalue weighted by Crippen LogP contribution is 2.52. The number of unbranched alkanes of at least 4 members (excludes halogenated alkanes) is 1. The van der Waals surface area contributed by atoms with E-state index in [2.05, 4.69) is 11.6 Å². The van der Waals surface area contributed by atoms with E-state index in [1.165, 1.54) is 44.2 Å². The highest BCUT2D eigenvalue weighted by Gasteiger charge is 2.58. The van der Waals surface area contributed by atoms with Crippen LogP contribution in [0.5, 0.6) is 0 Å². The Kier molecular flexibility index (Phi) is 4.41. The van der Waals surface area contributed by atoms with Gasteiger partial charge in [-0.15, -0.1) is 11.6 Å². The van der Waals surface area contributed by atoms with Crippen molar-refractivity contribution in [1.29, 1.82) is 0 Å². The normalized spacial score (nSPS) is 29.3. The molecule has 0 radical (unpaired) electrons. The van der Waals surface area contributed by atoms with E-state index in [1.54, 1.807) is 0 Å². The summed E-state index contributed by atoms with van der Waals surface area (Å²) in [6.07, 6.45) is 11.3. The first-order valence-corrected chi connectivity index (χ1v) is 8.12. The van der Waals surface area contributed by atoms with Crippen molar-refractivity contribution in [3.05, 3.63) is 48.3 Å². The van der Waals surface area contributed by atoms with E-state index in [0.717, 1.165) is 24.8 Å². The van der Waals surface area contributed by atoms with Crippen molar-refractivity contribution in [3.63, 3.8) is 0 Å². The Morgan fingerprint density at radius 3 is 2.62 bits per heavy atom. The number of nitrogens with zero attached hydrogens (tertiary/aromatic N) is 1. The van der Waals surface area contributed by atoms with Gasteiger partial charge in [-0.1, -0.05) is 37.5 Å². The van der Waals surface area contributed by atoms with Crippen LogP contribution >= 0.6 is 0 Å². The van der Waals surface area contributed by atoms with E-state index in [1.807, 2.05) is 18.2 Å². The number of allylic oxidation sites excluding steroid dienone is 1. The molecule has 2 aliphatic rings. The van der Waals surface area contributed by atoms with Gasteiger partial charge in [0.05, 0.1) is 0 Å². The first kappa shape index (κ1) is 14.7. The van der Waals surface area contributed by atoms with E-state index in [0.29, 0.717) is 6.04 Å². The monoisotopic (exact) mass is 289 g/mol. The number of benzene rings is 1. The minimum atomic E-state index is -0.321. The van der Waals surface area contributed by atoms with Crippen molar-refractivity contribution < 1.29 is 9.23 Å². The average molecular weight is 289 g/mol. The fourth-order valence-electron chi connectivity index (χ4n) is 3.50. The lowest BCUT2D eigenvalue weighted by Crippen LogP contribution is -2.28. The average Bonchev–Trinajstić information content (AvgIpc) is 3.25. The molecule has 1 heterocycles. The molecule has 3 rings (SSSR count). The predicted octanol–water partition coefficient (Wildman–Crippen LogP) is 4.91. The number of rotatable bonds is 6. The fourth-order valence-corrected chi connectivity index (χ4v) is 3.50. The standard InChI is InChI=1S/C18H24FNO/c1-2-3-7-14-18(15-10-12-16(19)13-11-15)20(21-18)17-8-5-4-6-9-17/h2,10-13,17H,1,3-9,14H2/t18-,20?/m0/s1. The van der Waals surface area contributed by atoms with Gasteiger partial charge in [-0.05, 0) is 44.2 Å². The molecule has 1 aromatic rings. The van der Waals surface area contributed by atoms with Crippen LogP contribution in [-0.2, 0) is 10.6 Å². The van der Waals surface area contributed by atoms with Crippen LogP contribution < -0.4 is 0 Å². The summed E-state index contributed by atoms with van der Waals surface area (Å²) in [6, 6.07) is 7.32. The Morgan fingerprint density at radius 2 is 1.95 bits per heavy atom. The van der Waals surface area contributed by atoms with Gasteiger partial charge in [-0.3, -0.25) is 4.84 Å². The molecule has 1 aliphatic heterocycles. The van der Waals surface area contributed by atoms with Crippen LogP contribution in [0.25, 0.3) is 0 Å². The first-order chi connectivity index (χ1) is 10.3. The van der Waals surface area contributed by atoms with Gasteiger partial charge in [-0.2, -0.15) is 0 Å². The Balaban J connectivity index is 1.76. The molecule has 0 amide bonds. The summed E-state index contributed by atoms with van der Waals surface area (Å²) >= 11 is 0. The Morgan fingerprint density at radius 1 is 1.24 bits per heavy atom. The zero-order chi connectivity index (χ0) is 14.7. The molecule has 1 saturated carbocycles. The summed E-state index contributed by atoms with van der Waals surface area (Å²) in [5.74, 6) is -0.190. The van der Waals surface area contributed by atoms with Gasteiger partial charge in [-0.25, -0.2) is 4.39 Å². The van der Waals surface area contributed by atoms with Crippen molar-refractivity contribution in [3.8, 4) is 0 Å². The van der Waals surface area contributed by atoms with Crippen LogP contribution in [0.4, 0.5) is 4.39 Å². The molecule has 1 aromatic carbocycles. The van der Waals surface area contributed by atoms with E-state index >= 15 is 0 Å². The molecule has 2 nitrogen and oxygen atoms in total. The molecule has 1 unspecified atom stereocenters. The van der Waals surface area contributed by atoms with Crippen molar-refractivity contribution in [2.75, 3.05) is 0 Å². The highest BCUT2D eigenvalue weighted by molar-refractivity contribution is 5.25. The van der Waals surface area contributed by atoms with E-state index in [9.17, 15) is 4.39 Å². The second-order valence-electron chi connectivity index (χ2n) is 6.18. The molecular weight excluding hydrogens is 265 g/mol. The smallest absolute Gasteiger partial charge is 0.190 e. The second kappa shape index (κ2) is 6.29. The maximum Gasteiger partial charge on any atom is 0.190 e. The summed E-state index contributed by atoms with van der Waals surface area (Å²) in [5, 5.41) is 2.18.